The molecule has 1 saturated carbocycles. The lowest BCUT2D eigenvalue weighted by Gasteiger charge is -2.07. The van der Waals surface area contributed by atoms with Gasteiger partial charge in [-0.05, 0) is 42.7 Å². The zero-order valence-electron chi connectivity index (χ0n) is 12.3. The summed E-state index contributed by atoms with van der Waals surface area (Å²) in [6, 6.07) is 10.6. The molecule has 3 rings (SSSR count). The number of allylic oxidation sites excluding steroid dienone is 1. The molecule has 1 aromatic carbocycles. The van der Waals surface area contributed by atoms with Crippen LogP contribution in [0, 0.1) is 17.8 Å². The van der Waals surface area contributed by atoms with Gasteiger partial charge in [0.25, 0.3) is 0 Å². The number of ether oxygens (including phenoxy) is 1. The quantitative estimate of drug-likeness (QED) is 0.816. The lowest BCUT2D eigenvalue weighted by Crippen LogP contribution is -2.27. The maximum atomic E-state index is 11.8. The molecule has 2 aliphatic rings. The molecule has 1 N–H and O–H groups in total. The minimum absolute atomic E-state index is 0.0345. The standard InChI is InChI=1S/C18H23NO2/c20-18(19-12-15-8-9-21-13-15)7-6-16-11-17(16)10-14-4-2-1-3-5-14/h1-7,15-17H,8-13H2,(H,19,20)/b7-6+. The van der Waals surface area contributed by atoms with Gasteiger partial charge in [-0.2, -0.15) is 0 Å². The van der Waals surface area contributed by atoms with E-state index in [1.807, 2.05) is 6.07 Å². The normalized spacial score (nSPS) is 27.9. The van der Waals surface area contributed by atoms with Crippen LogP contribution in [0.4, 0.5) is 0 Å². The summed E-state index contributed by atoms with van der Waals surface area (Å²) >= 11 is 0. The van der Waals surface area contributed by atoms with Crippen molar-refractivity contribution in [3.63, 3.8) is 0 Å². The van der Waals surface area contributed by atoms with Crippen LogP contribution in [-0.2, 0) is 16.0 Å². The molecule has 3 unspecified atom stereocenters. The molecule has 112 valence electrons. The number of benzene rings is 1. The summed E-state index contributed by atoms with van der Waals surface area (Å²) in [7, 11) is 0. The average molecular weight is 285 g/mol. The first kappa shape index (κ1) is 14.3. The monoisotopic (exact) mass is 285 g/mol. The lowest BCUT2D eigenvalue weighted by molar-refractivity contribution is -0.116. The largest absolute Gasteiger partial charge is 0.381 e. The lowest BCUT2D eigenvalue weighted by atomic mass is 10.1. The average Bonchev–Trinajstić information content (AvgIpc) is 3.02. The molecule has 2 fully saturated rings. The number of hydrogen-bond donors (Lipinski definition) is 1. The first-order chi connectivity index (χ1) is 10.3. The highest BCUT2D eigenvalue weighted by molar-refractivity contribution is 5.87. The first-order valence-corrected chi connectivity index (χ1v) is 7.89. The van der Waals surface area contributed by atoms with Crippen LogP contribution in [0.3, 0.4) is 0 Å². The van der Waals surface area contributed by atoms with Gasteiger partial charge in [0.15, 0.2) is 0 Å². The van der Waals surface area contributed by atoms with Crippen molar-refractivity contribution >= 4 is 5.91 Å². The number of amides is 1. The van der Waals surface area contributed by atoms with Gasteiger partial charge < -0.3 is 10.1 Å². The van der Waals surface area contributed by atoms with Crippen molar-refractivity contribution in [3.05, 3.63) is 48.0 Å². The zero-order valence-corrected chi connectivity index (χ0v) is 12.3. The minimum atomic E-state index is 0.0345. The first-order valence-electron chi connectivity index (χ1n) is 7.89. The molecule has 1 aliphatic heterocycles. The van der Waals surface area contributed by atoms with Gasteiger partial charge in [-0.15, -0.1) is 0 Å². The fourth-order valence-corrected chi connectivity index (χ4v) is 2.92. The van der Waals surface area contributed by atoms with Gasteiger partial charge in [0.05, 0.1) is 6.61 Å². The Labute approximate surface area is 126 Å². The van der Waals surface area contributed by atoms with Gasteiger partial charge >= 0.3 is 0 Å². The third-order valence-corrected chi connectivity index (χ3v) is 4.40. The topological polar surface area (TPSA) is 38.3 Å². The third-order valence-electron chi connectivity index (χ3n) is 4.40. The molecule has 0 aromatic heterocycles. The van der Waals surface area contributed by atoms with E-state index in [1.54, 1.807) is 6.08 Å². The Morgan fingerprint density at radius 3 is 2.95 bits per heavy atom. The van der Waals surface area contributed by atoms with E-state index >= 15 is 0 Å². The molecular formula is C18H23NO2. The smallest absolute Gasteiger partial charge is 0.243 e. The van der Waals surface area contributed by atoms with Crippen LogP contribution in [0.25, 0.3) is 0 Å². The molecule has 0 spiro atoms. The molecule has 0 radical (unpaired) electrons. The van der Waals surface area contributed by atoms with Crippen molar-refractivity contribution in [3.8, 4) is 0 Å². The van der Waals surface area contributed by atoms with E-state index in [0.717, 1.165) is 32.6 Å². The van der Waals surface area contributed by atoms with E-state index < -0.39 is 0 Å². The van der Waals surface area contributed by atoms with Crippen molar-refractivity contribution in [2.24, 2.45) is 17.8 Å². The van der Waals surface area contributed by atoms with E-state index in [9.17, 15) is 4.79 Å². The van der Waals surface area contributed by atoms with Gasteiger partial charge in [0, 0.05) is 19.1 Å². The summed E-state index contributed by atoms with van der Waals surface area (Å²) in [5.41, 5.74) is 1.39. The Balaban J connectivity index is 1.36. The van der Waals surface area contributed by atoms with Crippen molar-refractivity contribution in [2.45, 2.75) is 19.3 Å². The Morgan fingerprint density at radius 2 is 2.19 bits per heavy atom. The van der Waals surface area contributed by atoms with Crippen LogP contribution in [0.15, 0.2) is 42.5 Å². The Hall–Kier alpha value is -1.61. The van der Waals surface area contributed by atoms with Gasteiger partial charge in [0.1, 0.15) is 0 Å². The molecule has 3 heteroatoms. The van der Waals surface area contributed by atoms with Crippen LogP contribution < -0.4 is 5.32 Å². The van der Waals surface area contributed by atoms with Crippen LogP contribution in [0.2, 0.25) is 0 Å². The summed E-state index contributed by atoms with van der Waals surface area (Å²) in [5.74, 6) is 1.81. The Kier molecular flexibility index (Phi) is 4.71. The van der Waals surface area contributed by atoms with Crippen LogP contribution in [0.5, 0.6) is 0 Å². The predicted octanol–water partition coefficient (Wildman–Crippen LogP) is 2.57. The number of nitrogens with one attached hydrogen (secondary N) is 1. The van der Waals surface area contributed by atoms with E-state index in [1.165, 1.54) is 12.0 Å². The van der Waals surface area contributed by atoms with Crippen molar-refractivity contribution in [1.29, 1.82) is 0 Å². The Morgan fingerprint density at radius 1 is 1.33 bits per heavy atom. The zero-order chi connectivity index (χ0) is 14.5. The molecule has 3 atom stereocenters. The highest BCUT2D eigenvalue weighted by Gasteiger charge is 2.34. The fraction of sp³-hybridized carbons (Fsp3) is 0.500. The number of rotatable bonds is 6. The molecule has 1 amide bonds. The molecule has 1 saturated heterocycles. The second-order valence-electron chi connectivity index (χ2n) is 6.18. The van der Waals surface area contributed by atoms with Crippen LogP contribution >= 0.6 is 0 Å². The van der Waals surface area contributed by atoms with E-state index in [2.05, 4.69) is 35.7 Å². The van der Waals surface area contributed by atoms with Gasteiger partial charge in [0.2, 0.25) is 5.91 Å². The molecular weight excluding hydrogens is 262 g/mol. The summed E-state index contributed by atoms with van der Waals surface area (Å²) in [6.45, 7) is 2.35. The maximum Gasteiger partial charge on any atom is 0.243 e. The molecule has 21 heavy (non-hydrogen) atoms. The van der Waals surface area contributed by atoms with E-state index in [-0.39, 0.29) is 5.91 Å². The summed E-state index contributed by atoms with van der Waals surface area (Å²) < 4.78 is 5.30. The fourth-order valence-electron chi connectivity index (χ4n) is 2.92. The molecule has 3 nitrogen and oxygen atoms in total. The SMILES string of the molecule is O=C(/C=C/C1CC1Cc1ccccc1)NCC1CCOC1. The molecule has 1 aromatic rings. The second kappa shape index (κ2) is 6.90. The number of carbonyl (C=O) groups is 1. The van der Waals surface area contributed by atoms with Gasteiger partial charge in [-0.3, -0.25) is 4.79 Å². The highest BCUT2D eigenvalue weighted by Crippen LogP contribution is 2.42. The number of carbonyl (C=O) groups excluding carboxylic acids is 1. The minimum Gasteiger partial charge on any atom is -0.381 e. The molecule has 1 heterocycles. The van der Waals surface area contributed by atoms with Crippen molar-refractivity contribution < 1.29 is 9.53 Å². The number of hydrogen-bond acceptors (Lipinski definition) is 2. The summed E-state index contributed by atoms with van der Waals surface area (Å²) in [5, 5.41) is 2.97. The second-order valence-corrected chi connectivity index (χ2v) is 6.18. The van der Waals surface area contributed by atoms with E-state index in [4.69, 9.17) is 4.74 Å². The summed E-state index contributed by atoms with van der Waals surface area (Å²) in [6.07, 6.45) is 7.18. The highest BCUT2D eigenvalue weighted by atomic mass is 16.5. The van der Waals surface area contributed by atoms with Crippen molar-refractivity contribution in [1.82, 2.24) is 5.32 Å². The van der Waals surface area contributed by atoms with Gasteiger partial charge in [-0.1, -0.05) is 36.4 Å². The Bertz CT molecular complexity index is 491. The predicted molar refractivity (Wildman–Crippen MR) is 82.8 cm³/mol. The van der Waals surface area contributed by atoms with Crippen molar-refractivity contribution in [2.75, 3.05) is 19.8 Å². The summed E-state index contributed by atoms with van der Waals surface area (Å²) in [4.78, 5) is 11.8. The maximum absolute atomic E-state index is 11.8. The van der Waals surface area contributed by atoms with Crippen LogP contribution in [0.1, 0.15) is 18.4 Å². The van der Waals surface area contributed by atoms with Crippen LogP contribution in [-0.4, -0.2) is 25.7 Å². The van der Waals surface area contributed by atoms with E-state index in [0.29, 0.717) is 17.8 Å². The molecule has 0 bridgehead atoms. The molecule has 1 aliphatic carbocycles. The van der Waals surface area contributed by atoms with Gasteiger partial charge in [-0.25, -0.2) is 0 Å². The third kappa shape index (κ3) is 4.43.